The molecule has 0 spiro atoms. The molecule has 0 unspecified atom stereocenters. The van der Waals surface area contributed by atoms with Crippen molar-refractivity contribution in [3.8, 4) is 0 Å². The first-order valence-electron chi connectivity index (χ1n) is 6.83. The van der Waals surface area contributed by atoms with Crippen LogP contribution in [0.15, 0.2) is 5.38 Å². The van der Waals surface area contributed by atoms with Gasteiger partial charge in [0, 0.05) is 18.0 Å². The fourth-order valence-corrected chi connectivity index (χ4v) is 3.32. The van der Waals surface area contributed by atoms with Crippen LogP contribution < -0.4 is 0 Å². The van der Waals surface area contributed by atoms with Gasteiger partial charge in [-0.1, -0.05) is 27.7 Å². The molecule has 1 aromatic rings. The zero-order chi connectivity index (χ0) is 13.5. The van der Waals surface area contributed by atoms with Gasteiger partial charge in [0.2, 0.25) is 0 Å². The van der Waals surface area contributed by atoms with E-state index >= 15 is 0 Å². The molecule has 0 aliphatic carbocycles. The van der Waals surface area contributed by atoms with Crippen molar-refractivity contribution in [2.75, 3.05) is 6.54 Å². The highest BCUT2D eigenvalue weighted by molar-refractivity contribution is 7.09. The first-order chi connectivity index (χ1) is 8.60. The Bertz CT molecular complexity index is 334. The van der Waals surface area contributed by atoms with E-state index in [0.29, 0.717) is 17.8 Å². The third-order valence-electron chi connectivity index (χ3n) is 3.13. The standard InChI is InChI=1S/C14H25ClN2S/c1-5-13(6-2)17(8-11(3)4)9-14-16-12(7-15)10-18-14/h10-11,13H,5-9H2,1-4H3. The number of thiazole rings is 1. The van der Waals surface area contributed by atoms with Crippen molar-refractivity contribution in [2.24, 2.45) is 5.92 Å². The number of halogens is 1. The van der Waals surface area contributed by atoms with Crippen LogP contribution >= 0.6 is 22.9 Å². The summed E-state index contributed by atoms with van der Waals surface area (Å²) in [7, 11) is 0. The monoisotopic (exact) mass is 288 g/mol. The minimum atomic E-state index is 0.520. The van der Waals surface area contributed by atoms with Crippen LogP contribution in [0.4, 0.5) is 0 Å². The second-order valence-corrected chi connectivity index (χ2v) is 6.37. The van der Waals surface area contributed by atoms with Gasteiger partial charge in [-0.05, 0) is 18.8 Å². The average molecular weight is 289 g/mol. The quantitative estimate of drug-likeness (QED) is 0.654. The summed E-state index contributed by atoms with van der Waals surface area (Å²) < 4.78 is 0. The second-order valence-electron chi connectivity index (χ2n) is 5.16. The molecule has 0 radical (unpaired) electrons. The molecule has 1 aromatic heterocycles. The predicted octanol–water partition coefficient (Wildman–Crippen LogP) is 4.53. The maximum absolute atomic E-state index is 5.81. The van der Waals surface area contributed by atoms with Crippen molar-refractivity contribution in [3.63, 3.8) is 0 Å². The van der Waals surface area contributed by atoms with Crippen molar-refractivity contribution >= 4 is 22.9 Å². The van der Waals surface area contributed by atoms with E-state index in [1.807, 2.05) is 0 Å². The van der Waals surface area contributed by atoms with E-state index in [9.17, 15) is 0 Å². The second kappa shape index (κ2) is 8.13. The van der Waals surface area contributed by atoms with E-state index in [0.717, 1.165) is 18.8 Å². The number of hydrogen-bond acceptors (Lipinski definition) is 3. The molecule has 0 aromatic carbocycles. The van der Waals surface area contributed by atoms with Gasteiger partial charge in [0.1, 0.15) is 5.01 Å². The Morgan fingerprint density at radius 2 is 2.00 bits per heavy atom. The summed E-state index contributed by atoms with van der Waals surface area (Å²) in [5.74, 6) is 1.21. The van der Waals surface area contributed by atoms with Gasteiger partial charge in [-0.2, -0.15) is 0 Å². The van der Waals surface area contributed by atoms with Gasteiger partial charge in [0.25, 0.3) is 0 Å². The first kappa shape index (κ1) is 15.9. The lowest BCUT2D eigenvalue weighted by Gasteiger charge is -2.31. The van der Waals surface area contributed by atoms with Gasteiger partial charge in [-0.25, -0.2) is 4.98 Å². The highest BCUT2D eigenvalue weighted by atomic mass is 35.5. The van der Waals surface area contributed by atoms with E-state index < -0.39 is 0 Å². The van der Waals surface area contributed by atoms with Crippen molar-refractivity contribution in [2.45, 2.75) is 59.0 Å². The van der Waals surface area contributed by atoms with Crippen LogP contribution in [0.5, 0.6) is 0 Å². The van der Waals surface area contributed by atoms with Gasteiger partial charge in [-0.3, -0.25) is 4.90 Å². The molecule has 18 heavy (non-hydrogen) atoms. The molecule has 4 heteroatoms. The van der Waals surface area contributed by atoms with Crippen LogP contribution in [0.25, 0.3) is 0 Å². The number of nitrogens with zero attached hydrogens (tertiary/aromatic N) is 2. The van der Waals surface area contributed by atoms with Gasteiger partial charge in [0.05, 0.1) is 18.1 Å². The lowest BCUT2D eigenvalue weighted by Crippen LogP contribution is -2.36. The number of hydrogen-bond donors (Lipinski definition) is 0. The van der Waals surface area contributed by atoms with Crippen molar-refractivity contribution in [3.05, 3.63) is 16.1 Å². The summed E-state index contributed by atoms with van der Waals surface area (Å²) in [6, 6.07) is 0.663. The fraction of sp³-hybridized carbons (Fsp3) is 0.786. The van der Waals surface area contributed by atoms with Gasteiger partial charge in [-0.15, -0.1) is 22.9 Å². The van der Waals surface area contributed by atoms with Gasteiger partial charge >= 0.3 is 0 Å². The molecule has 0 saturated heterocycles. The molecule has 0 saturated carbocycles. The first-order valence-corrected chi connectivity index (χ1v) is 8.25. The van der Waals surface area contributed by atoms with Crippen LogP contribution in [-0.2, 0) is 12.4 Å². The molecule has 0 N–H and O–H groups in total. The lowest BCUT2D eigenvalue weighted by molar-refractivity contribution is 0.157. The highest BCUT2D eigenvalue weighted by Crippen LogP contribution is 2.19. The van der Waals surface area contributed by atoms with Crippen molar-refractivity contribution in [1.29, 1.82) is 0 Å². The summed E-state index contributed by atoms with van der Waals surface area (Å²) in [6.07, 6.45) is 2.41. The smallest absolute Gasteiger partial charge is 0.107 e. The van der Waals surface area contributed by atoms with E-state index in [1.165, 1.54) is 17.8 Å². The van der Waals surface area contributed by atoms with Crippen molar-refractivity contribution < 1.29 is 0 Å². The fourth-order valence-electron chi connectivity index (χ4n) is 2.27. The minimum absolute atomic E-state index is 0.520. The Morgan fingerprint density at radius 3 is 2.44 bits per heavy atom. The Labute approximate surface area is 120 Å². The SMILES string of the molecule is CCC(CC)N(Cc1nc(CCl)cs1)CC(C)C. The zero-order valence-electron chi connectivity index (χ0n) is 11.9. The van der Waals surface area contributed by atoms with Crippen LogP contribution in [0, 0.1) is 5.92 Å². The third kappa shape index (κ3) is 4.87. The molecule has 0 aliphatic heterocycles. The summed E-state index contributed by atoms with van der Waals surface area (Å²) in [5.41, 5.74) is 1.01. The number of aromatic nitrogens is 1. The van der Waals surface area contributed by atoms with Crippen LogP contribution in [0.1, 0.15) is 51.2 Å². The summed E-state index contributed by atoms with van der Waals surface area (Å²) >= 11 is 7.54. The molecule has 0 bridgehead atoms. The molecule has 0 fully saturated rings. The normalized spacial score (nSPS) is 12.0. The lowest BCUT2D eigenvalue weighted by atomic mass is 10.1. The minimum Gasteiger partial charge on any atom is -0.293 e. The van der Waals surface area contributed by atoms with E-state index in [-0.39, 0.29) is 0 Å². The predicted molar refractivity (Wildman–Crippen MR) is 81.3 cm³/mol. The molecule has 0 atom stereocenters. The van der Waals surface area contributed by atoms with Gasteiger partial charge < -0.3 is 0 Å². The Kier molecular flexibility index (Phi) is 7.20. The number of alkyl halides is 1. The summed E-state index contributed by atoms with van der Waals surface area (Å²) in [4.78, 5) is 7.14. The Hall–Kier alpha value is -0.120. The van der Waals surface area contributed by atoms with Gasteiger partial charge in [0.15, 0.2) is 0 Å². The maximum Gasteiger partial charge on any atom is 0.107 e. The molecule has 0 aliphatic rings. The van der Waals surface area contributed by atoms with E-state index in [4.69, 9.17) is 11.6 Å². The Morgan fingerprint density at radius 1 is 1.33 bits per heavy atom. The Balaban J connectivity index is 2.70. The zero-order valence-corrected chi connectivity index (χ0v) is 13.5. The van der Waals surface area contributed by atoms with Crippen LogP contribution in [-0.4, -0.2) is 22.5 Å². The topological polar surface area (TPSA) is 16.1 Å². The maximum atomic E-state index is 5.81. The molecular formula is C14H25ClN2S. The number of rotatable bonds is 8. The highest BCUT2D eigenvalue weighted by Gasteiger charge is 2.18. The molecule has 104 valence electrons. The van der Waals surface area contributed by atoms with Crippen LogP contribution in [0.3, 0.4) is 0 Å². The molecule has 1 heterocycles. The van der Waals surface area contributed by atoms with Crippen molar-refractivity contribution in [1.82, 2.24) is 9.88 Å². The molecular weight excluding hydrogens is 264 g/mol. The summed E-state index contributed by atoms with van der Waals surface area (Å²) in [6.45, 7) is 11.2. The van der Waals surface area contributed by atoms with Crippen LogP contribution in [0.2, 0.25) is 0 Å². The third-order valence-corrected chi connectivity index (χ3v) is 4.29. The summed E-state index contributed by atoms with van der Waals surface area (Å²) in [5, 5.41) is 3.26. The molecule has 1 rings (SSSR count). The largest absolute Gasteiger partial charge is 0.293 e. The average Bonchev–Trinajstić information content (AvgIpc) is 2.77. The molecule has 2 nitrogen and oxygen atoms in total. The molecule has 0 amide bonds. The van der Waals surface area contributed by atoms with E-state index in [1.54, 1.807) is 11.3 Å². The van der Waals surface area contributed by atoms with E-state index in [2.05, 4.69) is 43.0 Å².